The lowest BCUT2D eigenvalue weighted by Crippen LogP contribution is -2.64. The molecule has 0 aliphatic carbocycles. The van der Waals surface area contributed by atoms with Crippen LogP contribution in [0.25, 0.3) is 0 Å². The molecule has 0 aromatic heterocycles. The molecular formula is C37H64N4O23P2-2. The molecule has 4 saturated heterocycles. The van der Waals surface area contributed by atoms with E-state index in [0.717, 1.165) is 7.11 Å². The van der Waals surface area contributed by atoms with Crippen molar-refractivity contribution in [2.45, 2.75) is 151 Å². The van der Waals surface area contributed by atoms with Crippen LogP contribution in [0.5, 0.6) is 0 Å². The third-order valence-electron chi connectivity index (χ3n) is 11.4. The Morgan fingerprint density at radius 1 is 0.667 bits per heavy atom. The number of hydrogen-bond acceptors (Lipinski definition) is 23. The first-order valence-electron chi connectivity index (χ1n) is 21.5. The fourth-order valence-corrected chi connectivity index (χ4v) is 9.45. The van der Waals surface area contributed by atoms with E-state index in [1.54, 1.807) is 0 Å². The number of rotatable bonds is 25. The Kier molecular flexibility index (Phi) is 22.2. The van der Waals surface area contributed by atoms with Gasteiger partial charge in [-0.1, -0.05) is 0 Å². The zero-order valence-electron chi connectivity index (χ0n) is 36.8. The number of β-amino-alcohol motifs (C(OH)–C–C–N with tert-alkyl or cyclic N) is 1. The second-order valence-corrected chi connectivity index (χ2v) is 19.3. The summed E-state index contributed by atoms with van der Waals surface area (Å²) in [5, 5.41) is 75.6. The number of aliphatic hydroxyl groups excluding tert-OH is 7. The van der Waals surface area contributed by atoms with E-state index in [0.29, 0.717) is 0 Å². The van der Waals surface area contributed by atoms with E-state index in [9.17, 15) is 73.8 Å². The van der Waals surface area contributed by atoms with Crippen molar-refractivity contribution in [1.29, 1.82) is 0 Å². The van der Waals surface area contributed by atoms with E-state index < -0.39 is 151 Å². The number of likely N-dealkylation sites (tertiary alicyclic amines) is 2. The first-order valence-corrected chi connectivity index (χ1v) is 24.5. The summed E-state index contributed by atoms with van der Waals surface area (Å²) in [5.74, 6) is -2.02. The molecule has 4 amide bonds. The SMILES string of the molecule is COP(=O)([O-])OC[C@@H]1C[C@@H](OP(=O)([O-])OC[C@@H]2C[C@@H](O)CN2C(=O)CCCCOC2OC(CO)C(O)C(O)C2NC(C)=O)CN1C(=O)CCCCOC1OC(CO)C(O)C(O)C1NC(C)=O. The van der Waals surface area contributed by atoms with Crippen molar-refractivity contribution in [1.82, 2.24) is 20.4 Å². The number of phosphoric acid groups is 2. The molecule has 4 aliphatic heterocycles. The fraction of sp³-hybridized carbons (Fsp3) is 0.892. The number of carbonyl (C=O) groups is 4. The summed E-state index contributed by atoms with van der Waals surface area (Å²) in [6.45, 7) is -0.544. The van der Waals surface area contributed by atoms with Crippen LogP contribution in [0.2, 0.25) is 0 Å². The predicted molar refractivity (Wildman–Crippen MR) is 216 cm³/mol. The van der Waals surface area contributed by atoms with Crippen LogP contribution in [0.1, 0.15) is 65.2 Å². The van der Waals surface area contributed by atoms with Crippen LogP contribution in [0, 0.1) is 0 Å². The molecule has 4 rings (SSSR count). The Morgan fingerprint density at radius 3 is 1.55 bits per heavy atom. The molecule has 0 aromatic rings. The van der Waals surface area contributed by atoms with Crippen molar-refractivity contribution >= 4 is 39.3 Å². The van der Waals surface area contributed by atoms with E-state index in [2.05, 4.69) is 15.2 Å². The van der Waals surface area contributed by atoms with Crippen LogP contribution in [0.15, 0.2) is 0 Å². The predicted octanol–water partition coefficient (Wildman–Crippen LogP) is -5.19. The zero-order valence-corrected chi connectivity index (χ0v) is 38.6. The average molecular weight is 995 g/mol. The first kappa shape index (κ1) is 56.2. The highest BCUT2D eigenvalue weighted by Crippen LogP contribution is 2.44. The minimum absolute atomic E-state index is 0.0126. The standard InChI is InChI=1S/C37H66N4O23P2/c1-20(44)38-30-34(51)32(49)26(16-42)62-36(30)58-10-6-4-8-28(47)40-14-24(46)12-22(40)18-61-66(55,56)64-25-13-23(19-60-65(53,54)57-3)41(15-25)29(48)9-5-7-11-59-37-31(39-21(2)45)35(52)33(50)27(17-43)63-37/h22-27,30-37,42-43,46,49-52H,4-19H2,1-3H3,(H,38,44)(H,39,45)(H,53,54)(H,55,56)/p-2/t22-,23-,24+,25+,26?,27?,30?,31?,32?,33?,34?,35?,36?,37?/m0/s1. The molecule has 27 nitrogen and oxygen atoms in total. The Labute approximate surface area is 380 Å². The molecule has 9 N–H and O–H groups in total. The van der Waals surface area contributed by atoms with Crippen LogP contribution >= 0.6 is 15.6 Å². The van der Waals surface area contributed by atoms with Crippen molar-refractivity contribution in [2.24, 2.45) is 0 Å². The van der Waals surface area contributed by atoms with Crippen molar-refractivity contribution < 1.29 is 111 Å². The number of aliphatic hydroxyl groups is 7. The number of unbranched alkanes of at least 4 members (excludes halogenated alkanes) is 2. The van der Waals surface area contributed by atoms with Gasteiger partial charge in [-0.25, -0.2) is 0 Å². The lowest BCUT2D eigenvalue weighted by molar-refractivity contribution is -0.270. The number of hydrogen-bond donors (Lipinski definition) is 9. The van der Waals surface area contributed by atoms with E-state index >= 15 is 0 Å². The Bertz CT molecular complexity index is 1690. The van der Waals surface area contributed by atoms with Crippen molar-refractivity contribution in [3.8, 4) is 0 Å². The van der Waals surface area contributed by atoms with E-state index in [4.69, 9.17) is 32.5 Å². The van der Waals surface area contributed by atoms with Gasteiger partial charge in [0, 0.05) is 60.1 Å². The maximum Gasteiger partial charge on any atom is 0.268 e. The molecule has 0 aromatic carbocycles. The third kappa shape index (κ3) is 16.4. The molecule has 12 unspecified atom stereocenters. The second kappa shape index (κ2) is 26.0. The van der Waals surface area contributed by atoms with E-state index in [1.807, 2.05) is 0 Å². The van der Waals surface area contributed by atoms with Gasteiger partial charge in [-0.15, -0.1) is 0 Å². The topological polar surface area (TPSA) is 395 Å². The van der Waals surface area contributed by atoms with Crippen LogP contribution in [0.3, 0.4) is 0 Å². The molecule has 0 saturated carbocycles. The first-order chi connectivity index (χ1) is 31.1. The summed E-state index contributed by atoms with van der Waals surface area (Å²) in [4.78, 5) is 77.5. The highest BCUT2D eigenvalue weighted by atomic mass is 31.2. The molecule has 4 aliphatic rings. The summed E-state index contributed by atoms with van der Waals surface area (Å²) in [6.07, 6.45) is -12.5. The van der Waals surface area contributed by atoms with Crippen molar-refractivity contribution in [2.75, 3.05) is 59.8 Å². The van der Waals surface area contributed by atoms with Crippen LogP contribution in [-0.2, 0) is 65.4 Å². The van der Waals surface area contributed by atoms with Gasteiger partial charge in [0.05, 0.1) is 50.7 Å². The molecule has 16 atom stereocenters. The lowest BCUT2D eigenvalue weighted by atomic mass is 9.97. The quantitative estimate of drug-likeness (QED) is 0.0305. The van der Waals surface area contributed by atoms with Gasteiger partial charge in [-0.2, -0.15) is 0 Å². The van der Waals surface area contributed by atoms with Crippen molar-refractivity contribution in [3.05, 3.63) is 0 Å². The molecule has 29 heteroatoms. The van der Waals surface area contributed by atoms with Gasteiger partial charge in [-0.05, 0) is 38.5 Å². The lowest BCUT2D eigenvalue weighted by Gasteiger charge is -2.42. The Balaban J connectivity index is 1.25. The summed E-state index contributed by atoms with van der Waals surface area (Å²) in [7, 11) is -9.05. The van der Waals surface area contributed by atoms with Gasteiger partial charge in [-0.3, -0.25) is 28.3 Å². The fourth-order valence-electron chi connectivity index (χ4n) is 8.06. The zero-order chi connectivity index (χ0) is 48.9. The molecule has 0 spiro atoms. The van der Waals surface area contributed by atoms with Gasteiger partial charge in [0.2, 0.25) is 23.6 Å². The van der Waals surface area contributed by atoms with Crippen LogP contribution in [-0.4, -0.2) is 215 Å². The highest BCUT2D eigenvalue weighted by Gasteiger charge is 2.47. The third-order valence-corrected chi connectivity index (χ3v) is 13.3. The molecule has 382 valence electrons. The maximum absolute atomic E-state index is 13.4. The molecular weight excluding hydrogens is 930 g/mol. The Hall–Kier alpha value is -2.34. The van der Waals surface area contributed by atoms with E-state index in [1.165, 1.54) is 23.6 Å². The number of ether oxygens (including phenoxy) is 4. The van der Waals surface area contributed by atoms with Crippen molar-refractivity contribution in [3.63, 3.8) is 0 Å². The summed E-state index contributed by atoms with van der Waals surface area (Å²) in [6, 6.07) is -4.16. The Morgan fingerprint density at radius 2 is 1.11 bits per heavy atom. The molecule has 4 heterocycles. The minimum Gasteiger partial charge on any atom is -0.756 e. The van der Waals surface area contributed by atoms with Gasteiger partial charge in [0.1, 0.15) is 48.7 Å². The second-order valence-electron chi connectivity index (χ2n) is 16.4. The molecule has 0 bridgehead atoms. The normalized spacial score (nSPS) is 34.4. The monoisotopic (exact) mass is 994 g/mol. The summed E-state index contributed by atoms with van der Waals surface area (Å²) in [5.41, 5.74) is 0. The number of amides is 4. The molecule has 66 heavy (non-hydrogen) atoms. The van der Waals surface area contributed by atoms with Gasteiger partial charge >= 0.3 is 0 Å². The average Bonchev–Trinajstić information content (AvgIpc) is 3.85. The maximum atomic E-state index is 13.4. The van der Waals surface area contributed by atoms with Gasteiger partial charge in [0.25, 0.3) is 15.6 Å². The largest absolute Gasteiger partial charge is 0.756 e. The summed E-state index contributed by atoms with van der Waals surface area (Å²) < 4.78 is 67.1. The van der Waals surface area contributed by atoms with Gasteiger partial charge in [0.15, 0.2) is 12.6 Å². The number of nitrogens with one attached hydrogen (secondary N) is 2. The number of phosphoric ester groups is 2. The number of carbonyl (C=O) groups excluding carboxylic acids is 4. The number of nitrogens with zero attached hydrogens (tertiary/aromatic N) is 2. The van der Waals surface area contributed by atoms with E-state index in [-0.39, 0.29) is 77.7 Å². The summed E-state index contributed by atoms with van der Waals surface area (Å²) >= 11 is 0. The van der Waals surface area contributed by atoms with Gasteiger partial charge < -0.3 is 103 Å². The molecule has 0 radical (unpaired) electrons. The highest BCUT2D eigenvalue weighted by molar-refractivity contribution is 7.46. The molecule has 4 fully saturated rings. The van der Waals surface area contributed by atoms with Crippen LogP contribution in [0.4, 0.5) is 0 Å². The minimum atomic E-state index is -5.15. The van der Waals surface area contributed by atoms with Crippen LogP contribution < -0.4 is 20.4 Å². The smallest absolute Gasteiger partial charge is 0.268 e.